The number of methoxy groups -OCH3 is 2. The molecule has 0 amide bonds. The largest absolute Gasteiger partial charge is 0.502 e. The average molecular weight is 270 g/mol. The molecule has 7 heteroatoms. The van der Waals surface area contributed by atoms with Crippen molar-refractivity contribution in [3.05, 3.63) is 17.7 Å². The van der Waals surface area contributed by atoms with Crippen LogP contribution < -0.4 is 15.2 Å². The highest BCUT2D eigenvalue weighted by Crippen LogP contribution is 2.39. The van der Waals surface area contributed by atoms with E-state index in [1.165, 1.54) is 26.4 Å². The van der Waals surface area contributed by atoms with Crippen molar-refractivity contribution < 1.29 is 23.4 Å². The highest BCUT2D eigenvalue weighted by atomic mass is 35.5. The molecule has 0 spiro atoms. The van der Waals surface area contributed by atoms with Gasteiger partial charge in [-0.15, -0.1) is 12.4 Å². The van der Waals surface area contributed by atoms with Gasteiger partial charge in [0.1, 0.15) is 0 Å². The molecule has 0 saturated heterocycles. The minimum Gasteiger partial charge on any atom is -0.502 e. The molecular weight excluding hydrogens is 256 g/mol. The predicted molar refractivity (Wildman–Crippen MR) is 61.4 cm³/mol. The fourth-order valence-corrected chi connectivity index (χ4v) is 1.25. The zero-order valence-corrected chi connectivity index (χ0v) is 10.1. The molecule has 3 N–H and O–H groups in total. The first-order valence-corrected chi connectivity index (χ1v) is 4.49. The Morgan fingerprint density at radius 2 is 1.59 bits per heavy atom. The van der Waals surface area contributed by atoms with Crippen LogP contribution in [0, 0.1) is 0 Å². The Bertz CT molecular complexity index is 352. The molecule has 0 bridgehead atoms. The summed E-state index contributed by atoms with van der Waals surface area (Å²) in [5.41, 5.74) is 5.43. The zero-order valence-electron chi connectivity index (χ0n) is 9.31. The zero-order chi connectivity index (χ0) is 12.3. The van der Waals surface area contributed by atoms with Gasteiger partial charge < -0.3 is 20.3 Å². The van der Waals surface area contributed by atoms with E-state index in [0.717, 1.165) is 0 Å². The number of halogens is 3. The highest BCUT2D eigenvalue weighted by molar-refractivity contribution is 5.85. The second-order valence-electron chi connectivity index (χ2n) is 3.13. The van der Waals surface area contributed by atoms with E-state index >= 15 is 0 Å². The van der Waals surface area contributed by atoms with Gasteiger partial charge in [0.15, 0.2) is 11.5 Å². The van der Waals surface area contributed by atoms with Gasteiger partial charge in [-0.2, -0.15) is 0 Å². The highest BCUT2D eigenvalue weighted by Gasteiger charge is 2.21. The van der Waals surface area contributed by atoms with Gasteiger partial charge in [0, 0.05) is 0 Å². The summed E-state index contributed by atoms with van der Waals surface area (Å²) in [7, 11) is 2.62. The Balaban J connectivity index is 0.00000256. The third kappa shape index (κ3) is 3.34. The van der Waals surface area contributed by atoms with Crippen molar-refractivity contribution in [1.82, 2.24) is 0 Å². The topological polar surface area (TPSA) is 64.7 Å². The molecule has 98 valence electrons. The van der Waals surface area contributed by atoms with E-state index in [9.17, 15) is 13.9 Å². The van der Waals surface area contributed by atoms with Crippen molar-refractivity contribution >= 4 is 12.4 Å². The SMILES string of the molecule is COc1cc([C@@H](N)C(F)F)cc(OC)c1O.Cl. The van der Waals surface area contributed by atoms with Gasteiger partial charge in [0.25, 0.3) is 6.43 Å². The van der Waals surface area contributed by atoms with Crippen molar-refractivity contribution in [2.24, 2.45) is 5.73 Å². The minimum absolute atomic E-state index is 0. The second kappa shape index (κ2) is 6.46. The van der Waals surface area contributed by atoms with E-state index in [1.807, 2.05) is 0 Å². The van der Waals surface area contributed by atoms with Crippen LogP contribution in [0.2, 0.25) is 0 Å². The van der Waals surface area contributed by atoms with Crippen LogP contribution in [0.25, 0.3) is 0 Å². The summed E-state index contributed by atoms with van der Waals surface area (Å²) in [6, 6.07) is 1.08. The second-order valence-corrected chi connectivity index (χ2v) is 3.13. The van der Waals surface area contributed by atoms with Gasteiger partial charge in [-0.1, -0.05) is 0 Å². The average Bonchev–Trinajstić information content (AvgIpc) is 2.28. The number of phenolic OH excluding ortho intramolecular Hbond substituents is 1. The third-order valence-corrected chi connectivity index (χ3v) is 2.16. The number of hydrogen-bond donors (Lipinski definition) is 2. The van der Waals surface area contributed by atoms with E-state index in [-0.39, 0.29) is 35.2 Å². The van der Waals surface area contributed by atoms with E-state index in [2.05, 4.69) is 0 Å². The lowest BCUT2D eigenvalue weighted by Crippen LogP contribution is -2.19. The summed E-state index contributed by atoms with van der Waals surface area (Å²) in [6.45, 7) is 0. The van der Waals surface area contributed by atoms with Gasteiger partial charge in [-0.05, 0) is 17.7 Å². The molecule has 1 aromatic carbocycles. The molecule has 0 heterocycles. The number of phenols is 1. The van der Waals surface area contributed by atoms with E-state index in [0.29, 0.717) is 0 Å². The van der Waals surface area contributed by atoms with Crippen molar-refractivity contribution in [3.63, 3.8) is 0 Å². The predicted octanol–water partition coefficient (Wildman–Crippen LogP) is 2.10. The molecule has 4 nitrogen and oxygen atoms in total. The van der Waals surface area contributed by atoms with Crippen molar-refractivity contribution in [3.8, 4) is 17.2 Å². The van der Waals surface area contributed by atoms with Crippen LogP contribution >= 0.6 is 12.4 Å². The molecule has 17 heavy (non-hydrogen) atoms. The van der Waals surface area contributed by atoms with Crippen LogP contribution in [0.15, 0.2) is 12.1 Å². The summed E-state index contributed by atoms with van der Waals surface area (Å²) in [5, 5.41) is 9.56. The van der Waals surface area contributed by atoms with Gasteiger partial charge in [-0.3, -0.25) is 0 Å². The number of aromatic hydroxyl groups is 1. The van der Waals surface area contributed by atoms with Gasteiger partial charge in [0.05, 0.1) is 20.3 Å². The fraction of sp³-hybridized carbons (Fsp3) is 0.400. The Morgan fingerprint density at radius 3 is 1.88 bits per heavy atom. The molecule has 0 saturated carbocycles. The van der Waals surface area contributed by atoms with Crippen molar-refractivity contribution in [2.45, 2.75) is 12.5 Å². The number of nitrogens with two attached hydrogens (primary N) is 1. The summed E-state index contributed by atoms with van der Waals surface area (Å²) in [6.07, 6.45) is -2.70. The minimum atomic E-state index is -2.70. The molecular formula is C10H14ClF2NO3. The number of alkyl halides is 2. The normalized spacial score (nSPS) is 11.9. The Kier molecular flexibility index (Phi) is 5.98. The van der Waals surface area contributed by atoms with Crippen LogP contribution in [0.5, 0.6) is 17.2 Å². The smallest absolute Gasteiger partial charge is 0.257 e. The fourth-order valence-electron chi connectivity index (χ4n) is 1.25. The van der Waals surface area contributed by atoms with Crippen molar-refractivity contribution in [1.29, 1.82) is 0 Å². The standard InChI is InChI=1S/C10H13F2NO3.ClH/c1-15-6-3-5(8(13)10(11)12)4-7(16-2)9(6)14;/h3-4,8,10,14H,13H2,1-2H3;1H/t8-;/m1./s1. The maximum Gasteiger partial charge on any atom is 0.257 e. The van der Waals surface area contributed by atoms with Crippen LogP contribution in [-0.4, -0.2) is 25.8 Å². The molecule has 0 fully saturated rings. The first kappa shape index (κ1) is 15.7. The van der Waals surface area contributed by atoms with Crippen LogP contribution in [0.3, 0.4) is 0 Å². The molecule has 0 unspecified atom stereocenters. The molecule has 0 radical (unpaired) electrons. The lowest BCUT2D eigenvalue weighted by molar-refractivity contribution is 0.116. The molecule has 1 atom stereocenters. The Morgan fingerprint density at radius 1 is 1.18 bits per heavy atom. The first-order valence-electron chi connectivity index (χ1n) is 4.49. The quantitative estimate of drug-likeness (QED) is 0.879. The molecule has 0 aliphatic carbocycles. The Labute approximate surface area is 104 Å². The summed E-state index contributed by atoms with van der Waals surface area (Å²) < 4.78 is 34.5. The molecule has 0 aliphatic heterocycles. The van der Waals surface area contributed by atoms with E-state index in [1.54, 1.807) is 0 Å². The van der Waals surface area contributed by atoms with Gasteiger partial charge in [-0.25, -0.2) is 8.78 Å². The maximum absolute atomic E-state index is 12.4. The molecule has 1 aromatic rings. The summed E-state index contributed by atoms with van der Waals surface area (Å²) >= 11 is 0. The van der Waals surface area contributed by atoms with Crippen LogP contribution in [0.1, 0.15) is 11.6 Å². The maximum atomic E-state index is 12.4. The van der Waals surface area contributed by atoms with E-state index < -0.39 is 12.5 Å². The number of benzene rings is 1. The van der Waals surface area contributed by atoms with E-state index in [4.69, 9.17) is 15.2 Å². The number of hydrogen-bond acceptors (Lipinski definition) is 4. The van der Waals surface area contributed by atoms with Crippen LogP contribution in [-0.2, 0) is 0 Å². The lowest BCUT2D eigenvalue weighted by Gasteiger charge is -2.15. The van der Waals surface area contributed by atoms with Crippen molar-refractivity contribution in [2.75, 3.05) is 14.2 Å². The molecule has 0 aliphatic rings. The van der Waals surface area contributed by atoms with Gasteiger partial charge in [0.2, 0.25) is 5.75 Å². The number of rotatable bonds is 4. The number of ether oxygens (including phenoxy) is 2. The first-order chi connectivity index (χ1) is 7.51. The molecule has 1 rings (SSSR count). The monoisotopic (exact) mass is 269 g/mol. The van der Waals surface area contributed by atoms with Crippen LogP contribution in [0.4, 0.5) is 8.78 Å². The van der Waals surface area contributed by atoms with Gasteiger partial charge >= 0.3 is 0 Å². The molecule has 0 aromatic heterocycles. The lowest BCUT2D eigenvalue weighted by atomic mass is 10.1. The Hall–Kier alpha value is -1.27. The summed E-state index contributed by atoms with van der Waals surface area (Å²) in [4.78, 5) is 0. The summed E-state index contributed by atoms with van der Waals surface area (Å²) in [5.74, 6) is -0.147. The third-order valence-electron chi connectivity index (χ3n) is 2.16.